The van der Waals surface area contributed by atoms with Crippen molar-refractivity contribution in [3.05, 3.63) is 24.3 Å². The molecule has 6 heteroatoms. The number of hydrogen-bond donors (Lipinski definition) is 1. The van der Waals surface area contributed by atoms with E-state index in [1.54, 1.807) is 17.0 Å². The van der Waals surface area contributed by atoms with Crippen molar-refractivity contribution in [2.75, 3.05) is 24.2 Å². The van der Waals surface area contributed by atoms with Crippen LogP contribution in [0, 0.1) is 0 Å². The number of likely N-dealkylation sites (N-methyl/N-ethyl adjacent to an activating group) is 1. The molecule has 0 radical (unpaired) electrons. The Balaban J connectivity index is 2.97. The molecular formula is C11H15NO4S. The van der Waals surface area contributed by atoms with E-state index in [-0.39, 0.29) is 11.4 Å². The minimum Gasteiger partial charge on any atom is -0.480 e. The number of carboxylic acids is 1. The molecule has 0 spiro atoms. The smallest absolute Gasteiger partial charge is 0.323 e. The van der Waals surface area contributed by atoms with Gasteiger partial charge in [-0.15, -0.1) is 0 Å². The van der Waals surface area contributed by atoms with Gasteiger partial charge in [0.15, 0.2) is 9.84 Å². The first kappa shape index (κ1) is 13.5. The quantitative estimate of drug-likeness (QED) is 0.851. The van der Waals surface area contributed by atoms with Crippen LogP contribution in [-0.2, 0) is 14.6 Å². The lowest BCUT2D eigenvalue weighted by Crippen LogP contribution is -2.29. The summed E-state index contributed by atoms with van der Waals surface area (Å²) < 4.78 is 22.5. The van der Waals surface area contributed by atoms with E-state index >= 15 is 0 Å². The highest BCUT2D eigenvalue weighted by Crippen LogP contribution is 2.17. The molecule has 94 valence electrons. The van der Waals surface area contributed by atoms with Crippen molar-refractivity contribution in [1.29, 1.82) is 0 Å². The van der Waals surface area contributed by atoms with Crippen molar-refractivity contribution in [3.8, 4) is 0 Å². The van der Waals surface area contributed by atoms with E-state index in [2.05, 4.69) is 0 Å². The van der Waals surface area contributed by atoms with E-state index in [0.29, 0.717) is 12.2 Å². The number of carbonyl (C=O) groups is 1. The van der Waals surface area contributed by atoms with Crippen molar-refractivity contribution < 1.29 is 18.3 Å². The highest BCUT2D eigenvalue weighted by molar-refractivity contribution is 7.90. The van der Waals surface area contributed by atoms with Crippen LogP contribution in [-0.4, -0.2) is 38.8 Å². The molecule has 0 aromatic heterocycles. The fourth-order valence-electron chi connectivity index (χ4n) is 1.45. The van der Waals surface area contributed by atoms with E-state index in [4.69, 9.17) is 5.11 Å². The van der Waals surface area contributed by atoms with Gasteiger partial charge in [0.05, 0.1) is 4.90 Å². The summed E-state index contributed by atoms with van der Waals surface area (Å²) in [5.41, 5.74) is 0.697. The number of benzene rings is 1. The molecule has 0 aliphatic carbocycles. The van der Waals surface area contributed by atoms with Crippen LogP contribution in [0.25, 0.3) is 0 Å². The van der Waals surface area contributed by atoms with Gasteiger partial charge in [-0.1, -0.05) is 0 Å². The SMILES string of the molecule is CCN(CC(=O)O)c1ccc(S(C)(=O)=O)cc1. The Bertz CT molecular complexity index is 493. The molecule has 1 rings (SSSR count). The summed E-state index contributed by atoms with van der Waals surface area (Å²) in [6, 6.07) is 6.19. The van der Waals surface area contributed by atoms with E-state index in [1.165, 1.54) is 12.1 Å². The molecule has 1 aromatic rings. The van der Waals surface area contributed by atoms with Gasteiger partial charge in [-0.05, 0) is 31.2 Å². The Morgan fingerprint density at radius 2 is 1.82 bits per heavy atom. The molecule has 1 N–H and O–H groups in total. The number of sulfone groups is 1. The number of aliphatic carboxylic acids is 1. The predicted octanol–water partition coefficient (Wildman–Crippen LogP) is 1.00. The maximum Gasteiger partial charge on any atom is 0.323 e. The van der Waals surface area contributed by atoms with Crippen LogP contribution < -0.4 is 4.90 Å². The number of rotatable bonds is 5. The molecule has 0 amide bonds. The van der Waals surface area contributed by atoms with Crippen molar-refractivity contribution in [2.24, 2.45) is 0 Å². The second-order valence-corrected chi connectivity index (χ2v) is 5.69. The lowest BCUT2D eigenvalue weighted by molar-refractivity contribution is -0.135. The maximum atomic E-state index is 11.3. The largest absolute Gasteiger partial charge is 0.480 e. The molecule has 0 unspecified atom stereocenters. The summed E-state index contributed by atoms with van der Waals surface area (Å²) in [5.74, 6) is -0.918. The summed E-state index contributed by atoms with van der Waals surface area (Å²) in [6.45, 7) is 2.28. The standard InChI is InChI=1S/C11H15NO4S/c1-3-12(8-11(13)14)9-4-6-10(7-5-9)17(2,15)16/h4-7H,3,8H2,1-2H3,(H,13,14). The maximum absolute atomic E-state index is 11.3. The summed E-state index contributed by atoms with van der Waals surface area (Å²) in [6.07, 6.45) is 1.14. The van der Waals surface area contributed by atoms with Gasteiger partial charge >= 0.3 is 5.97 Å². The summed E-state index contributed by atoms with van der Waals surface area (Å²) in [7, 11) is -3.21. The Hall–Kier alpha value is -1.56. The topological polar surface area (TPSA) is 74.7 Å². The third kappa shape index (κ3) is 3.74. The number of nitrogens with zero attached hydrogens (tertiary/aromatic N) is 1. The summed E-state index contributed by atoms with van der Waals surface area (Å²) in [4.78, 5) is 12.5. The molecule has 0 fully saturated rings. The normalized spacial score (nSPS) is 11.2. The first-order valence-corrected chi connectivity index (χ1v) is 7.00. The van der Waals surface area contributed by atoms with Crippen molar-refractivity contribution in [3.63, 3.8) is 0 Å². The molecule has 0 saturated carbocycles. The monoisotopic (exact) mass is 257 g/mol. The van der Waals surface area contributed by atoms with Crippen LogP contribution in [0.4, 0.5) is 5.69 Å². The first-order valence-electron chi connectivity index (χ1n) is 5.11. The van der Waals surface area contributed by atoms with E-state index in [1.807, 2.05) is 6.92 Å². The van der Waals surface area contributed by atoms with Gasteiger partial charge in [-0.25, -0.2) is 8.42 Å². The molecule has 17 heavy (non-hydrogen) atoms. The molecule has 0 heterocycles. The third-order valence-corrected chi connectivity index (χ3v) is 3.47. The highest BCUT2D eigenvalue weighted by Gasteiger charge is 2.11. The molecule has 0 atom stereocenters. The Morgan fingerprint density at radius 3 is 2.18 bits per heavy atom. The van der Waals surface area contributed by atoms with E-state index < -0.39 is 15.8 Å². The van der Waals surface area contributed by atoms with Crippen LogP contribution in [0.5, 0.6) is 0 Å². The zero-order valence-electron chi connectivity index (χ0n) is 9.75. The number of anilines is 1. The average molecular weight is 257 g/mol. The van der Waals surface area contributed by atoms with Gasteiger partial charge in [0.2, 0.25) is 0 Å². The second-order valence-electron chi connectivity index (χ2n) is 3.67. The lowest BCUT2D eigenvalue weighted by Gasteiger charge is -2.20. The number of carboxylic acid groups (broad SMARTS) is 1. The average Bonchev–Trinajstić information content (AvgIpc) is 2.24. The molecule has 0 bridgehead atoms. The molecule has 1 aromatic carbocycles. The number of hydrogen-bond acceptors (Lipinski definition) is 4. The van der Waals surface area contributed by atoms with Crippen LogP contribution in [0.1, 0.15) is 6.92 Å². The summed E-state index contributed by atoms with van der Waals surface area (Å²) >= 11 is 0. The highest BCUT2D eigenvalue weighted by atomic mass is 32.2. The van der Waals surface area contributed by atoms with Gasteiger partial charge in [0.25, 0.3) is 0 Å². The van der Waals surface area contributed by atoms with Crippen molar-refractivity contribution in [1.82, 2.24) is 0 Å². The molecule has 0 aliphatic rings. The zero-order valence-corrected chi connectivity index (χ0v) is 10.6. The fourth-order valence-corrected chi connectivity index (χ4v) is 2.08. The fraction of sp³-hybridized carbons (Fsp3) is 0.364. The van der Waals surface area contributed by atoms with Crippen LogP contribution in [0.15, 0.2) is 29.2 Å². The van der Waals surface area contributed by atoms with Crippen molar-refractivity contribution in [2.45, 2.75) is 11.8 Å². The van der Waals surface area contributed by atoms with Gasteiger partial charge in [0, 0.05) is 18.5 Å². The summed E-state index contributed by atoms with van der Waals surface area (Å²) in [5, 5.41) is 8.72. The molecular weight excluding hydrogens is 242 g/mol. The minimum atomic E-state index is -3.21. The van der Waals surface area contributed by atoms with Crippen LogP contribution >= 0.6 is 0 Å². The molecule has 0 saturated heterocycles. The first-order chi connectivity index (χ1) is 7.84. The second kappa shape index (κ2) is 5.18. The lowest BCUT2D eigenvalue weighted by atomic mass is 10.3. The van der Waals surface area contributed by atoms with E-state index in [9.17, 15) is 13.2 Å². The van der Waals surface area contributed by atoms with Gasteiger partial charge < -0.3 is 10.0 Å². The van der Waals surface area contributed by atoms with Gasteiger partial charge in [0.1, 0.15) is 6.54 Å². The van der Waals surface area contributed by atoms with E-state index in [0.717, 1.165) is 6.26 Å². The zero-order chi connectivity index (χ0) is 13.1. The Morgan fingerprint density at radius 1 is 1.29 bits per heavy atom. The Labute approximate surface area is 101 Å². The predicted molar refractivity (Wildman–Crippen MR) is 65.1 cm³/mol. The van der Waals surface area contributed by atoms with Crippen molar-refractivity contribution >= 4 is 21.5 Å². The third-order valence-electron chi connectivity index (χ3n) is 2.34. The van der Waals surface area contributed by atoms with Gasteiger partial charge in [-0.2, -0.15) is 0 Å². The van der Waals surface area contributed by atoms with Crippen LogP contribution in [0.3, 0.4) is 0 Å². The van der Waals surface area contributed by atoms with Gasteiger partial charge in [-0.3, -0.25) is 4.79 Å². The Kier molecular flexibility index (Phi) is 4.11. The van der Waals surface area contributed by atoms with Crippen LogP contribution in [0.2, 0.25) is 0 Å². The molecule has 5 nitrogen and oxygen atoms in total. The molecule has 0 aliphatic heterocycles. The minimum absolute atomic E-state index is 0.102.